The van der Waals surface area contributed by atoms with E-state index in [2.05, 4.69) is 30.9 Å². The topological polar surface area (TPSA) is 133 Å². The highest BCUT2D eigenvalue weighted by Crippen LogP contribution is 2.34. The van der Waals surface area contributed by atoms with E-state index in [0.717, 1.165) is 22.4 Å². The van der Waals surface area contributed by atoms with Crippen LogP contribution in [-0.2, 0) is 17.9 Å². The van der Waals surface area contributed by atoms with Crippen LogP contribution in [0.25, 0.3) is 22.6 Å². The van der Waals surface area contributed by atoms with Crippen molar-refractivity contribution in [1.29, 1.82) is 0 Å². The van der Waals surface area contributed by atoms with Gasteiger partial charge < -0.3 is 24.2 Å². The van der Waals surface area contributed by atoms with Gasteiger partial charge in [0.25, 0.3) is 6.01 Å². The maximum atomic E-state index is 12.2. The molecule has 0 radical (unpaired) electrons. The summed E-state index contributed by atoms with van der Waals surface area (Å²) in [5.74, 6) is 1.62. The second-order valence-corrected chi connectivity index (χ2v) is 7.47. The molecular weight excluding hydrogens is 450 g/mol. The molecule has 0 aliphatic rings. The van der Waals surface area contributed by atoms with Crippen molar-refractivity contribution < 1.29 is 18.4 Å². The quantitative estimate of drug-likeness (QED) is 0.330. The lowest BCUT2D eigenvalue weighted by atomic mass is 10.1. The molecule has 0 fully saturated rings. The number of aromatic nitrogens is 5. The summed E-state index contributed by atoms with van der Waals surface area (Å²) in [4.78, 5) is 20.5. The SMILES string of the molecule is COc1cc(Nc2ncc(-c3ccccc3CNC(=O)Cn3ccnn3)o2)ccc1-c1cnco1. The predicted octanol–water partition coefficient (Wildman–Crippen LogP) is 3.66. The maximum Gasteiger partial charge on any atom is 0.299 e. The number of carbonyl (C=O) groups is 1. The van der Waals surface area contributed by atoms with Crippen LogP contribution >= 0.6 is 0 Å². The number of hydrogen-bond donors (Lipinski definition) is 2. The molecule has 5 aromatic rings. The lowest BCUT2D eigenvalue weighted by Crippen LogP contribution is -2.27. The second kappa shape index (κ2) is 9.91. The largest absolute Gasteiger partial charge is 0.496 e. The second-order valence-electron chi connectivity index (χ2n) is 7.47. The number of anilines is 2. The number of methoxy groups -OCH3 is 1. The minimum absolute atomic E-state index is 0.0945. The Morgan fingerprint density at radius 1 is 1.11 bits per heavy atom. The minimum atomic E-state index is -0.173. The number of nitrogens with zero attached hydrogens (tertiary/aromatic N) is 5. The molecule has 0 unspecified atom stereocenters. The average Bonchev–Trinajstić information content (AvgIpc) is 3.66. The van der Waals surface area contributed by atoms with Gasteiger partial charge in [0, 0.05) is 30.1 Å². The highest BCUT2D eigenvalue weighted by atomic mass is 16.5. The molecule has 5 rings (SSSR count). The molecule has 2 aromatic carbocycles. The Hall–Kier alpha value is -4.93. The predicted molar refractivity (Wildman–Crippen MR) is 126 cm³/mol. The summed E-state index contributed by atoms with van der Waals surface area (Å²) in [5.41, 5.74) is 3.23. The van der Waals surface area contributed by atoms with Crippen LogP contribution in [-0.4, -0.2) is 38.0 Å². The molecule has 0 saturated carbocycles. The van der Waals surface area contributed by atoms with E-state index >= 15 is 0 Å². The molecule has 0 bridgehead atoms. The number of carbonyl (C=O) groups excluding carboxylic acids is 1. The summed E-state index contributed by atoms with van der Waals surface area (Å²) in [6, 6.07) is 13.5. The smallest absolute Gasteiger partial charge is 0.299 e. The highest BCUT2D eigenvalue weighted by molar-refractivity contribution is 5.76. The van der Waals surface area contributed by atoms with E-state index in [1.54, 1.807) is 25.7 Å². The Kier molecular flexibility index (Phi) is 6.20. The van der Waals surface area contributed by atoms with Crippen LogP contribution in [0.5, 0.6) is 5.75 Å². The molecule has 0 spiro atoms. The third-order valence-electron chi connectivity index (χ3n) is 5.19. The Morgan fingerprint density at radius 3 is 2.83 bits per heavy atom. The fourth-order valence-corrected chi connectivity index (χ4v) is 3.53. The summed E-state index contributed by atoms with van der Waals surface area (Å²) in [5, 5.41) is 13.5. The van der Waals surface area contributed by atoms with E-state index in [0.29, 0.717) is 29.8 Å². The van der Waals surface area contributed by atoms with Gasteiger partial charge in [0.2, 0.25) is 5.91 Å². The van der Waals surface area contributed by atoms with Crippen molar-refractivity contribution in [2.24, 2.45) is 0 Å². The molecule has 0 atom stereocenters. The number of amides is 1. The Morgan fingerprint density at radius 2 is 2.03 bits per heavy atom. The van der Waals surface area contributed by atoms with Crippen molar-refractivity contribution in [2.75, 3.05) is 12.4 Å². The van der Waals surface area contributed by atoms with Gasteiger partial charge in [-0.3, -0.25) is 4.79 Å². The summed E-state index contributed by atoms with van der Waals surface area (Å²) < 4.78 is 18.3. The van der Waals surface area contributed by atoms with E-state index in [1.165, 1.54) is 17.3 Å². The van der Waals surface area contributed by atoms with Crippen LogP contribution in [0.1, 0.15) is 5.56 Å². The van der Waals surface area contributed by atoms with Crippen LogP contribution in [0.15, 0.2) is 82.5 Å². The van der Waals surface area contributed by atoms with Crippen molar-refractivity contribution in [2.45, 2.75) is 13.1 Å². The molecular formula is C24H21N7O4. The van der Waals surface area contributed by atoms with E-state index in [4.69, 9.17) is 13.6 Å². The van der Waals surface area contributed by atoms with Crippen LogP contribution in [0, 0.1) is 0 Å². The van der Waals surface area contributed by atoms with E-state index in [1.807, 2.05) is 42.5 Å². The van der Waals surface area contributed by atoms with Gasteiger partial charge in [-0.15, -0.1) is 5.10 Å². The fourth-order valence-electron chi connectivity index (χ4n) is 3.53. The monoisotopic (exact) mass is 471 g/mol. The van der Waals surface area contributed by atoms with Gasteiger partial charge in [-0.1, -0.05) is 29.5 Å². The van der Waals surface area contributed by atoms with E-state index in [9.17, 15) is 4.79 Å². The fraction of sp³-hybridized carbons (Fsp3) is 0.125. The summed E-state index contributed by atoms with van der Waals surface area (Å²) in [7, 11) is 1.59. The highest BCUT2D eigenvalue weighted by Gasteiger charge is 2.14. The molecule has 2 N–H and O–H groups in total. The zero-order valence-electron chi connectivity index (χ0n) is 18.7. The first-order valence-corrected chi connectivity index (χ1v) is 10.7. The minimum Gasteiger partial charge on any atom is -0.496 e. The van der Waals surface area contributed by atoms with Crippen LogP contribution in [0.3, 0.4) is 0 Å². The molecule has 0 aliphatic carbocycles. The molecule has 1 amide bonds. The number of hydrogen-bond acceptors (Lipinski definition) is 9. The van der Waals surface area contributed by atoms with Gasteiger partial charge in [-0.2, -0.15) is 0 Å². The molecule has 0 aliphatic heterocycles. The van der Waals surface area contributed by atoms with Gasteiger partial charge in [0.05, 0.1) is 31.3 Å². The van der Waals surface area contributed by atoms with Crippen molar-refractivity contribution in [3.05, 3.63) is 79.2 Å². The van der Waals surface area contributed by atoms with Crippen molar-refractivity contribution in [3.63, 3.8) is 0 Å². The van der Waals surface area contributed by atoms with Crippen molar-refractivity contribution in [1.82, 2.24) is 30.3 Å². The third kappa shape index (κ3) is 5.03. The van der Waals surface area contributed by atoms with Crippen LogP contribution in [0.4, 0.5) is 11.7 Å². The van der Waals surface area contributed by atoms with E-state index in [-0.39, 0.29) is 12.5 Å². The molecule has 0 saturated heterocycles. The molecule has 35 heavy (non-hydrogen) atoms. The molecule has 3 aromatic heterocycles. The first-order valence-electron chi connectivity index (χ1n) is 10.7. The number of nitrogens with one attached hydrogen (secondary N) is 2. The number of ether oxygens (including phenoxy) is 1. The number of oxazole rings is 2. The molecule has 176 valence electrons. The summed E-state index contributed by atoms with van der Waals surface area (Å²) >= 11 is 0. The number of benzene rings is 2. The van der Waals surface area contributed by atoms with E-state index < -0.39 is 0 Å². The maximum absolute atomic E-state index is 12.2. The number of rotatable bonds is 9. The Labute approximate surface area is 199 Å². The first-order chi connectivity index (χ1) is 17.2. The first kappa shape index (κ1) is 21.9. The lowest BCUT2D eigenvalue weighted by molar-refractivity contribution is -0.122. The summed E-state index contributed by atoms with van der Waals surface area (Å²) in [6.45, 7) is 0.421. The summed E-state index contributed by atoms with van der Waals surface area (Å²) in [6.07, 6.45) is 7.79. The van der Waals surface area contributed by atoms with Crippen molar-refractivity contribution in [3.8, 4) is 28.4 Å². The van der Waals surface area contributed by atoms with Gasteiger partial charge >= 0.3 is 0 Å². The van der Waals surface area contributed by atoms with Gasteiger partial charge in [-0.25, -0.2) is 14.6 Å². The third-order valence-corrected chi connectivity index (χ3v) is 5.19. The molecule has 11 heteroatoms. The Bertz CT molecular complexity index is 1410. The lowest BCUT2D eigenvalue weighted by Gasteiger charge is -2.10. The normalized spacial score (nSPS) is 10.8. The Balaban J connectivity index is 1.29. The standard InChI is InChI=1S/C24H21N7O4/c1-33-20-10-17(6-7-19(20)21-12-25-15-34-21)29-24-27-13-22(35-24)18-5-3-2-4-16(18)11-26-23(32)14-31-9-8-28-30-31/h2-10,12-13,15H,11,14H2,1H3,(H,26,32)(H,27,29). The zero-order valence-corrected chi connectivity index (χ0v) is 18.7. The van der Waals surface area contributed by atoms with Gasteiger partial charge in [-0.05, 0) is 17.7 Å². The average molecular weight is 471 g/mol. The van der Waals surface area contributed by atoms with Crippen LogP contribution in [0.2, 0.25) is 0 Å². The van der Waals surface area contributed by atoms with Gasteiger partial charge in [0.15, 0.2) is 17.9 Å². The zero-order chi connectivity index (χ0) is 24.0. The van der Waals surface area contributed by atoms with Crippen LogP contribution < -0.4 is 15.4 Å². The van der Waals surface area contributed by atoms with Crippen molar-refractivity contribution >= 4 is 17.6 Å². The molecule has 11 nitrogen and oxygen atoms in total. The molecule has 3 heterocycles. The van der Waals surface area contributed by atoms with Gasteiger partial charge in [0.1, 0.15) is 12.3 Å².